The molecule has 2 N–H and O–H groups in total. The Bertz CT molecular complexity index is 934. The Hall–Kier alpha value is -2.23. The number of aliphatic imine (C=N–C) groups is 1. The normalized spacial score (nSPS) is 14.9. The summed E-state index contributed by atoms with van der Waals surface area (Å²) in [6.45, 7) is 9.83. The quantitative estimate of drug-likeness (QED) is 0.315. The number of rotatable bonds is 7. The molecule has 3 rings (SSSR count). The van der Waals surface area contributed by atoms with Gasteiger partial charge >= 0.3 is 0 Å². The van der Waals surface area contributed by atoms with Crippen molar-refractivity contribution < 1.29 is 14.2 Å². The number of benzene rings is 1. The van der Waals surface area contributed by atoms with Crippen LogP contribution < -0.4 is 24.8 Å². The summed E-state index contributed by atoms with van der Waals surface area (Å²) >= 11 is 0. The summed E-state index contributed by atoms with van der Waals surface area (Å²) in [7, 11) is 3.44. The van der Waals surface area contributed by atoms with Crippen molar-refractivity contribution in [3.63, 3.8) is 0 Å². The first-order chi connectivity index (χ1) is 14.5. The first-order valence-electron chi connectivity index (χ1n) is 10.4. The summed E-state index contributed by atoms with van der Waals surface area (Å²) in [6, 6.07) is 4.17. The van der Waals surface area contributed by atoms with Crippen LogP contribution in [0.5, 0.6) is 17.2 Å². The van der Waals surface area contributed by atoms with Crippen molar-refractivity contribution in [2.24, 2.45) is 4.99 Å². The minimum Gasteiger partial charge on any atom is -0.496 e. The van der Waals surface area contributed by atoms with Gasteiger partial charge in [0.1, 0.15) is 23.4 Å². The number of halogens is 1. The molecule has 170 valence electrons. The summed E-state index contributed by atoms with van der Waals surface area (Å²) in [5, 5.41) is 6.69. The second-order valence-electron chi connectivity index (χ2n) is 7.46. The molecule has 31 heavy (non-hydrogen) atoms. The van der Waals surface area contributed by atoms with Crippen LogP contribution in [-0.4, -0.2) is 37.8 Å². The van der Waals surface area contributed by atoms with Gasteiger partial charge in [-0.1, -0.05) is 0 Å². The lowest BCUT2D eigenvalue weighted by molar-refractivity contribution is 0.254. The maximum atomic E-state index is 5.91. The molecule has 2 heterocycles. The Balaban J connectivity index is 0.00000341. The summed E-state index contributed by atoms with van der Waals surface area (Å²) in [5.74, 6) is 3.39. The van der Waals surface area contributed by atoms with Crippen molar-refractivity contribution in [2.75, 3.05) is 20.8 Å². The van der Waals surface area contributed by atoms with Crippen molar-refractivity contribution in [2.45, 2.75) is 53.3 Å². The van der Waals surface area contributed by atoms with Crippen LogP contribution >= 0.6 is 24.0 Å². The predicted octanol–water partition coefficient (Wildman–Crippen LogP) is 3.91. The third kappa shape index (κ3) is 5.93. The third-order valence-corrected chi connectivity index (χ3v) is 5.22. The summed E-state index contributed by atoms with van der Waals surface area (Å²) in [5.41, 5.74) is 5.23. The van der Waals surface area contributed by atoms with Crippen molar-refractivity contribution in [3.05, 3.63) is 46.3 Å². The fourth-order valence-electron chi connectivity index (χ4n) is 3.73. The van der Waals surface area contributed by atoms with E-state index in [1.54, 1.807) is 14.2 Å². The van der Waals surface area contributed by atoms with Gasteiger partial charge in [-0.2, -0.15) is 0 Å². The van der Waals surface area contributed by atoms with Crippen LogP contribution in [0.4, 0.5) is 0 Å². The van der Waals surface area contributed by atoms with E-state index in [-0.39, 0.29) is 30.1 Å². The van der Waals surface area contributed by atoms with Gasteiger partial charge in [-0.05, 0) is 39.8 Å². The number of aromatic nitrogens is 1. The Morgan fingerprint density at radius 3 is 2.68 bits per heavy atom. The van der Waals surface area contributed by atoms with Crippen LogP contribution in [0.2, 0.25) is 0 Å². The zero-order chi connectivity index (χ0) is 21.7. The van der Waals surface area contributed by atoms with Crippen molar-refractivity contribution in [3.8, 4) is 17.2 Å². The van der Waals surface area contributed by atoms with Crippen LogP contribution in [0.1, 0.15) is 41.8 Å². The molecule has 1 atom stereocenters. The van der Waals surface area contributed by atoms with Gasteiger partial charge in [0.25, 0.3) is 0 Å². The standard InChI is InChI=1S/C23H32N4O3.HI/c1-7-29-20-9-17-8-15(3)30-21(17)10-18(20)12-26-23(24-5)27-13-19-16(4)22(28-6)14(2)11-25-19;/h9-11,15H,7-8,12-13H2,1-6H3,(H2,24,26,27);1H. The molecule has 7 nitrogen and oxygen atoms in total. The number of nitrogens with zero attached hydrogens (tertiary/aromatic N) is 2. The number of ether oxygens (including phenoxy) is 3. The lowest BCUT2D eigenvalue weighted by Gasteiger charge is -2.17. The Morgan fingerprint density at radius 2 is 2.00 bits per heavy atom. The number of guanidine groups is 1. The summed E-state index contributed by atoms with van der Waals surface area (Å²) in [4.78, 5) is 8.87. The number of hydrogen-bond acceptors (Lipinski definition) is 5. The number of aryl methyl sites for hydroxylation is 1. The number of fused-ring (bicyclic) bond motifs is 1. The molecule has 8 heteroatoms. The van der Waals surface area contributed by atoms with E-state index in [4.69, 9.17) is 14.2 Å². The van der Waals surface area contributed by atoms with E-state index >= 15 is 0 Å². The molecular formula is C23H33IN4O3. The molecule has 2 aromatic rings. The highest BCUT2D eigenvalue weighted by Gasteiger charge is 2.22. The fourth-order valence-corrected chi connectivity index (χ4v) is 3.73. The lowest BCUT2D eigenvalue weighted by atomic mass is 10.1. The summed E-state index contributed by atoms with van der Waals surface area (Å²) < 4.78 is 17.3. The van der Waals surface area contributed by atoms with Gasteiger partial charge in [-0.25, -0.2) is 0 Å². The molecule has 0 fully saturated rings. The largest absolute Gasteiger partial charge is 0.496 e. The molecule has 1 aromatic heterocycles. The van der Waals surface area contributed by atoms with E-state index < -0.39 is 0 Å². The topological polar surface area (TPSA) is 77.0 Å². The van der Waals surface area contributed by atoms with Crippen molar-refractivity contribution in [1.82, 2.24) is 15.6 Å². The minimum absolute atomic E-state index is 0. The highest BCUT2D eigenvalue weighted by molar-refractivity contribution is 14.0. The summed E-state index contributed by atoms with van der Waals surface area (Å²) in [6.07, 6.45) is 2.95. The SMILES string of the molecule is CCOc1cc2c(cc1CNC(=NC)NCc1ncc(C)c(OC)c1C)OC(C)C2.I. The smallest absolute Gasteiger partial charge is 0.191 e. The van der Waals surface area contributed by atoms with E-state index in [0.29, 0.717) is 25.7 Å². The molecule has 0 amide bonds. The Kier molecular flexibility index (Phi) is 9.21. The second-order valence-corrected chi connectivity index (χ2v) is 7.46. The number of hydrogen-bond donors (Lipinski definition) is 2. The van der Waals surface area contributed by atoms with Gasteiger partial charge in [0.05, 0.1) is 26.0 Å². The predicted molar refractivity (Wildman–Crippen MR) is 134 cm³/mol. The van der Waals surface area contributed by atoms with E-state index in [1.807, 2.05) is 27.0 Å². The van der Waals surface area contributed by atoms with Gasteiger partial charge < -0.3 is 24.8 Å². The van der Waals surface area contributed by atoms with Crippen LogP contribution in [0, 0.1) is 13.8 Å². The zero-order valence-corrected chi connectivity index (χ0v) is 21.5. The second kappa shape index (κ2) is 11.4. The van der Waals surface area contributed by atoms with E-state index in [1.165, 1.54) is 5.56 Å². The van der Waals surface area contributed by atoms with E-state index in [2.05, 4.69) is 39.7 Å². The van der Waals surface area contributed by atoms with Gasteiger partial charge in [-0.15, -0.1) is 24.0 Å². The van der Waals surface area contributed by atoms with Crippen LogP contribution in [0.15, 0.2) is 23.3 Å². The van der Waals surface area contributed by atoms with Gasteiger partial charge in [0, 0.05) is 48.5 Å². The molecule has 1 aliphatic rings. The molecule has 0 aliphatic carbocycles. The average Bonchev–Trinajstić information content (AvgIpc) is 3.08. The van der Waals surface area contributed by atoms with Gasteiger partial charge in [0.15, 0.2) is 5.96 Å². The maximum absolute atomic E-state index is 5.91. The molecule has 1 aromatic carbocycles. The molecule has 0 saturated heterocycles. The third-order valence-electron chi connectivity index (χ3n) is 5.22. The highest BCUT2D eigenvalue weighted by atomic mass is 127. The van der Waals surface area contributed by atoms with E-state index in [9.17, 15) is 0 Å². The molecule has 0 radical (unpaired) electrons. The Morgan fingerprint density at radius 1 is 1.26 bits per heavy atom. The maximum Gasteiger partial charge on any atom is 0.191 e. The zero-order valence-electron chi connectivity index (χ0n) is 19.2. The number of pyridine rings is 1. The van der Waals surface area contributed by atoms with E-state index in [0.717, 1.165) is 46.1 Å². The fraction of sp³-hybridized carbons (Fsp3) is 0.478. The first-order valence-corrected chi connectivity index (χ1v) is 10.4. The molecule has 0 bridgehead atoms. The molecule has 0 saturated carbocycles. The van der Waals surface area contributed by atoms with Crippen LogP contribution in [0.25, 0.3) is 0 Å². The number of nitrogens with one attached hydrogen (secondary N) is 2. The van der Waals surface area contributed by atoms with Crippen LogP contribution in [-0.2, 0) is 19.5 Å². The van der Waals surface area contributed by atoms with Crippen molar-refractivity contribution >= 4 is 29.9 Å². The monoisotopic (exact) mass is 540 g/mol. The first kappa shape index (κ1) is 25.0. The highest BCUT2D eigenvalue weighted by Crippen LogP contribution is 2.35. The average molecular weight is 540 g/mol. The van der Waals surface area contributed by atoms with Crippen LogP contribution in [0.3, 0.4) is 0 Å². The lowest BCUT2D eigenvalue weighted by Crippen LogP contribution is -2.36. The van der Waals surface area contributed by atoms with Gasteiger partial charge in [0.2, 0.25) is 0 Å². The van der Waals surface area contributed by atoms with Crippen molar-refractivity contribution in [1.29, 1.82) is 0 Å². The Labute approximate surface area is 202 Å². The number of methoxy groups -OCH3 is 1. The molecule has 0 spiro atoms. The molecule has 1 aliphatic heterocycles. The molecular weight excluding hydrogens is 507 g/mol. The molecule has 1 unspecified atom stereocenters. The minimum atomic E-state index is 0. The van der Waals surface area contributed by atoms with Gasteiger partial charge in [-0.3, -0.25) is 9.98 Å².